The second-order valence-electron chi connectivity index (χ2n) is 6.55. The number of likely N-dealkylation sites (tertiary alicyclic amines) is 1. The van der Waals surface area contributed by atoms with Crippen LogP contribution in [-0.2, 0) is 4.74 Å². The Hall–Kier alpha value is -1.66. The van der Waals surface area contributed by atoms with Gasteiger partial charge in [0, 0.05) is 29.1 Å². The van der Waals surface area contributed by atoms with E-state index in [2.05, 4.69) is 44.8 Å². The minimum atomic E-state index is -0.313. The number of fused-ring (bicyclic) bond motifs is 1. The van der Waals surface area contributed by atoms with Gasteiger partial charge in [-0.3, -0.25) is 4.98 Å². The van der Waals surface area contributed by atoms with Crippen LogP contribution in [0.4, 0.5) is 5.69 Å². The number of anilines is 1. The fourth-order valence-corrected chi connectivity index (χ4v) is 3.81. The lowest BCUT2D eigenvalue weighted by Gasteiger charge is -2.37. The van der Waals surface area contributed by atoms with Crippen molar-refractivity contribution in [2.75, 3.05) is 38.7 Å². The van der Waals surface area contributed by atoms with Crippen LogP contribution >= 0.6 is 15.9 Å². The van der Waals surface area contributed by atoms with E-state index in [1.54, 1.807) is 6.20 Å². The van der Waals surface area contributed by atoms with E-state index in [9.17, 15) is 4.79 Å². The maximum atomic E-state index is 12.5. The molecule has 1 fully saturated rings. The van der Waals surface area contributed by atoms with Crippen LogP contribution in [0.25, 0.3) is 10.9 Å². The third kappa shape index (κ3) is 3.80. The SMILES string of the molecule is CCOC(=O)c1cnc2ccc(Br)cc2c1N(C)C1CCN(C)CC1. The third-order valence-corrected chi connectivity index (χ3v) is 5.38. The Morgan fingerprint density at radius 2 is 2.12 bits per heavy atom. The summed E-state index contributed by atoms with van der Waals surface area (Å²) in [6, 6.07) is 6.37. The Bertz CT molecular complexity index is 773. The predicted octanol–water partition coefficient (Wildman–Crippen LogP) is 3.70. The average Bonchev–Trinajstić information content (AvgIpc) is 2.61. The summed E-state index contributed by atoms with van der Waals surface area (Å²) in [5.41, 5.74) is 2.33. The van der Waals surface area contributed by atoms with Crippen LogP contribution in [0.15, 0.2) is 28.9 Å². The molecule has 2 aromatic rings. The summed E-state index contributed by atoms with van der Waals surface area (Å²) in [4.78, 5) is 21.6. The van der Waals surface area contributed by atoms with Crippen LogP contribution < -0.4 is 4.90 Å². The van der Waals surface area contributed by atoms with Gasteiger partial charge in [0.05, 0.1) is 17.8 Å². The maximum Gasteiger partial charge on any atom is 0.341 e. The first-order chi connectivity index (χ1) is 12.0. The van der Waals surface area contributed by atoms with Crippen molar-refractivity contribution in [3.63, 3.8) is 0 Å². The predicted molar refractivity (Wildman–Crippen MR) is 104 cm³/mol. The Morgan fingerprint density at radius 1 is 1.40 bits per heavy atom. The summed E-state index contributed by atoms with van der Waals surface area (Å²) in [5.74, 6) is -0.313. The van der Waals surface area contributed by atoms with Gasteiger partial charge in [-0.1, -0.05) is 15.9 Å². The minimum Gasteiger partial charge on any atom is -0.462 e. The van der Waals surface area contributed by atoms with E-state index in [0.717, 1.165) is 47.0 Å². The van der Waals surface area contributed by atoms with Crippen molar-refractivity contribution >= 4 is 38.5 Å². The van der Waals surface area contributed by atoms with Crippen molar-refractivity contribution in [1.82, 2.24) is 9.88 Å². The Kier molecular flexibility index (Phi) is 5.59. The number of ether oxygens (including phenoxy) is 1. The zero-order chi connectivity index (χ0) is 18.0. The molecule has 134 valence electrons. The van der Waals surface area contributed by atoms with E-state index < -0.39 is 0 Å². The monoisotopic (exact) mass is 405 g/mol. The molecule has 0 spiro atoms. The molecule has 0 aliphatic carbocycles. The number of carbonyl (C=O) groups is 1. The number of benzene rings is 1. The van der Waals surface area contributed by atoms with E-state index in [1.165, 1.54) is 0 Å². The first-order valence-electron chi connectivity index (χ1n) is 8.68. The van der Waals surface area contributed by atoms with Gasteiger partial charge in [-0.15, -0.1) is 0 Å². The highest BCUT2D eigenvalue weighted by atomic mass is 79.9. The van der Waals surface area contributed by atoms with E-state index in [-0.39, 0.29) is 5.97 Å². The molecule has 3 rings (SSSR count). The molecule has 0 N–H and O–H groups in total. The van der Waals surface area contributed by atoms with Crippen LogP contribution in [0.2, 0.25) is 0 Å². The highest BCUT2D eigenvalue weighted by molar-refractivity contribution is 9.10. The van der Waals surface area contributed by atoms with Gasteiger partial charge >= 0.3 is 5.97 Å². The third-order valence-electron chi connectivity index (χ3n) is 4.89. The fourth-order valence-electron chi connectivity index (χ4n) is 3.45. The molecule has 0 atom stereocenters. The van der Waals surface area contributed by atoms with Crippen LogP contribution in [0.1, 0.15) is 30.1 Å². The number of nitrogens with zero attached hydrogens (tertiary/aromatic N) is 3. The molecule has 1 aromatic carbocycles. The van der Waals surface area contributed by atoms with Crippen molar-refractivity contribution < 1.29 is 9.53 Å². The van der Waals surface area contributed by atoms with E-state index >= 15 is 0 Å². The number of piperidine rings is 1. The molecule has 2 heterocycles. The quantitative estimate of drug-likeness (QED) is 0.725. The summed E-state index contributed by atoms with van der Waals surface area (Å²) in [5, 5.41) is 0.973. The van der Waals surface area contributed by atoms with Crippen LogP contribution in [0.5, 0.6) is 0 Å². The molecule has 6 heteroatoms. The lowest BCUT2D eigenvalue weighted by molar-refractivity contribution is 0.0526. The largest absolute Gasteiger partial charge is 0.462 e. The summed E-state index contributed by atoms with van der Waals surface area (Å²) in [6.07, 6.45) is 3.80. The van der Waals surface area contributed by atoms with Gasteiger partial charge in [0.1, 0.15) is 5.56 Å². The lowest BCUT2D eigenvalue weighted by atomic mass is 10.0. The summed E-state index contributed by atoms with van der Waals surface area (Å²) in [7, 11) is 4.23. The molecule has 0 saturated carbocycles. The second kappa shape index (κ2) is 7.70. The van der Waals surface area contributed by atoms with Crippen molar-refractivity contribution in [1.29, 1.82) is 0 Å². The molecule has 1 aliphatic heterocycles. The lowest BCUT2D eigenvalue weighted by Crippen LogP contribution is -2.42. The van der Waals surface area contributed by atoms with Crippen molar-refractivity contribution in [2.45, 2.75) is 25.8 Å². The van der Waals surface area contributed by atoms with Crippen LogP contribution in [0.3, 0.4) is 0 Å². The molecule has 1 saturated heterocycles. The number of aromatic nitrogens is 1. The molecule has 25 heavy (non-hydrogen) atoms. The molecule has 0 radical (unpaired) electrons. The average molecular weight is 406 g/mol. The summed E-state index contributed by atoms with van der Waals surface area (Å²) >= 11 is 3.54. The number of rotatable bonds is 4. The first kappa shape index (κ1) is 18.1. The van der Waals surface area contributed by atoms with Gasteiger partial charge < -0.3 is 14.5 Å². The normalized spacial score (nSPS) is 16.2. The Balaban J connectivity index is 2.09. The zero-order valence-electron chi connectivity index (χ0n) is 15.0. The topological polar surface area (TPSA) is 45.7 Å². The number of hydrogen-bond donors (Lipinski definition) is 0. The molecular formula is C19H24BrN3O2. The number of esters is 1. The smallest absolute Gasteiger partial charge is 0.341 e. The van der Waals surface area contributed by atoms with Gasteiger partial charge in [0.2, 0.25) is 0 Å². The Labute approximate surface area is 157 Å². The molecule has 0 unspecified atom stereocenters. The number of hydrogen-bond acceptors (Lipinski definition) is 5. The van der Waals surface area contributed by atoms with Gasteiger partial charge in [0.25, 0.3) is 0 Å². The fraction of sp³-hybridized carbons (Fsp3) is 0.474. The van der Waals surface area contributed by atoms with Gasteiger partial charge in [-0.05, 0) is 58.1 Å². The summed E-state index contributed by atoms with van der Waals surface area (Å²) in [6.45, 7) is 4.31. The van der Waals surface area contributed by atoms with Crippen molar-refractivity contribution in [3.05, 3.63) is 34.4 Å². The highest BCUT2D eigenvalue weighted by Gasteiger charge is 2.26. The van der Waals surface area contributed by atoms with Crippen LogP contribution in [-0.4, -0.2) is 55.7 Å². The number of pyridine rings is 1. The van der Waals surface area contributed by atoms with E-state index in [0.29, 0.717) is 18.2 Å². The Morgan fingerprint density at radius 3 is 2.80 bits per heavy atom. The summed E-state index contributed by atoms with van der Waals surface area (Å²) < 4.78 is 6.25. The number of carbonyl (C=O) groups excluding carboxylic acids is 1. The van der Waals surface area contributed by atoms with Crippen molar-refractivity contribution in [3.8, 4) is 0 Å². The molecule has 0 bridgehead atoms. The second-order valence-corrected chi connectivity index (χ2v) is 7.46. The van der Waals surface area contributed by atoms with Gasteiger partial charge in [0.15, 0.2) is 0 Å². The van der Waals surface area contributed by atoms with Gasteiger partial charge in [-0.25, -0.2) is 4.79 Å². The van der Waals surface area contributed by atoms with Gasteiger partial charge in [-0.2, -0.15) is 0 Å². The van der Waals surface area contributed by atoms with E-state index in [1.807, 2.05) is 25.1 Å². The number of halogens is 1. The standard InChI is InChI=1S/C19H24BrN3O2/c1-4-25-19(24)16-12-21-17-6-5-13(20)11-15(17)18(16)23(3)14-7-9-22(2)10-8-14/h5-6,11-12,14H,4,7-10H2,1-3H3. The zero-order valence-corrected chi connectivity index (χ0v) is 16.5. The minimum absolute atomic E-state index is 0.313. The van der Waals surface area contributed by atoms with Crippen LogP contribution in [0, 0.1) is 0 Å². The molecule has 5 nitrogen and oxygen atoms in total. The van der Waals surface area contributed by atoms with Crippen molar-refractivity contribution in [2.24, 2.45) is 0 Å². The molecule has 1 aromatic heterocycles. The molecule has 0 amide bonds. The molecule has 1 aliphatic rings. The van der Waals surface area contributed by atoms with E-state index in [4.69, 9.17) is 4.74 Å². The highest BCUT2D eigenvalue weighted by Crippen LogP contribution is 2.34. The maximum absolute atomic E-state index is 12.5. The first-order valence-corrected chi connectivity index (χ1v) is 9.47. The molecular weight excluding hydrogens is 382 g/mol.